The van der Waals surface area contributed by atoms with Crippen molar-refractivity contribution in [3.05, 3.63) is 64.1 Å². The van der Waals surface area contributed by atoms with Crippen LogP contribution in [0.3, 0.4) is 0 Å². The molecule has 0 spiro atoms. The van der Waals surface area contributed by atoms with Crippen molar-refractivity contribution in [3.8, 4) is 0 Å². The zero-order valence-electron chi connectivity index (χ0n) is 12.6. The average Bonchev–Trinajstić information content (AvgIpc) is 2.50. The molecule has 5 heteroatoms. The third-order valence-electron chi connectivity index (χ3n) is 3.09. The van der Waals surface area contributed by atoms with E-state index in [1.54, 1.807) is 6.21 Å². The number of nitrogens with zero attached hydrogens (tertiary/aromatic N) is 2. The molecular weight excluding hydrogens is 342 g/mol. The molecule has 0 radical (unpaired) electrons. The lowest BCUT2D eigenvalue weighted by atomic mass is 10.1. The zero-order valence-corrected chi connectivity index (χ0v) is 14.2. The third-order valence-corrected chi connectivity index (χ3v) is 3.62. The highest BCUT2D eigenvalue weighted by Gasteiger charge is 2.01. The molecule has 1 amide bonds. The quantitative estimate of drug-likeness (QED) is 0.657. The van der Waals surface area contributed by atoms with Crippen LogP contribution >= 0.6 is 15.9 Å². The van der Waals surface area contributed by atoms with Crippen LogP contribution in [-0.2, 0) is 11.2 Å². The van der Waals surface area contributed by atoms with E-state index in [1.807, 2.05) is 67.5 Å². The fraction of sp³-hybridized carbons (Fsp3) is 0.176. The van der Waals surface area contributed by atoms with Crippen LogP contribution in [0.5, 0.6) is 0 Å². The molecule has 0 saturated heterocycles. The molecule has 1 N–H and O–H groups in total. The van der Waals surface area contributed by atoms with Crippen molar-refractivity contribution in [2.45, 2.75) is 6.42 Å². The van der Waals surface area contributed by atoms with E-state index >= 15 is 0 Å². The van der Waals surface area contributed by atoms with Gasteiger partial charge in [0.2, 0.25) is 5.91 Å². The summed E-state index contributed by atoms with van der Waals surface area (Å²) in [7, 11) is 3.98. The summed E-state index contributed by atoms with van der Waals surface area (Å²) in [5.74, 6) is -0.136. The topological polar surface area (TPSA) is 44.7 Å². The summed E-state index contributed by atoms with van der Waals surface area (Å²) in [5.41, 5.74) is 5.55. The first kappa shape index (κ1) is 16.2. The molecule has 0 aliphatic carbocycles. The van der Waals surface area contributed by atoms with Gasteiger partial charge in [0, 0.05) is 24.3 Å². The van der Waals surface area contributed by atoms with E-state index in [4.69, 9.17) is 0 Å². The SMILES string of the molecule is CN(C)c1ccc(C=NNC(=O)Cc2ccc(Br)cc2)cc1. The molecule has 0 unspecified atom stereocenters. The van der Waals surface area contributed by atoms with E-state index in [0.29, 0.717) is 6.42 Å². The highest BCUT2D eigenvalue weighted by Crippen LogP contribution is 2.11. The first-order valence-corrected chi connectivity index (χ1v) is 7.67. The number of carbonyl (C=O) groups excluding carboxylic acids is 1. The molecule has 0 heterocycles. The molecular formula is C17H18BrN3O. The Bertz CT molecular complexity index is 649. The Kier molecular flexibility index (Phi) is 5.72. The Hall–Kier alpha value is -2.14. The number of carbonyl (C=O) groups is 1. The summed E-state index contributed by atoms with van der Waals surface area (Å²) in [6.07, 6.45) is 1.95. The Morgan fingerprint density at radius 1 is 1.14 bits per heavy atom. The normalized spacial score (nSPS) is 10.7. The minimum absolute atomic E-state index is 0.136. The predicted molar refractivity (Wildman–Crippen MR) is 94.4 cm³/mol. The number of rotatable bonds is 5. The smallest absolute Gasteiger partial charge is 0.244 e. The van der Waals surface area contributed by atoms with Gasteiger partial charge in [0.15, 0.2) is 0 Å². The maximum atomic E-state index is 11.8. The average molecular weight is 360 g/mol. The zero-order chi connectivity index (χ0) is 15.9. The molecule has 0 aliphatic heterocycles. The van der Waals surface area contributed by atoms with Crippen LogP contribution in [-0.4, -0.2) is 26.2 Å². The van der Waals surface area contributed by atoms with Crippen molar-refractivity contribution in [1.29, 1.82) is 0 Å². The van der Waals surface area contributed by atoms with Crippen molar-refractivity contribution >= 4 is 33.7 Å². The number of benzene rings is 2. The van der Waals surface area contributed by atoms with Crippen LogP contribution in [0.4, 0.5) is 5.69 Å². The van der Waals surface area contributed by atoms with Crippen molar-refractivity contribution < 1.29 is 4.79 Å². The first-order valence-electron chi connectivity index (χ1n) is 6.88. The fourth-order valence-corrected chi connectivity index (χ4v) is 2.13. The van der Waals surface area contributed by atoms with Gasteiger partial charge in [-0.2, -0.15) is 5.10 Å². The largest absolute Gasteiger partial charge is 0.378 e. The number of anilines is 1. The van der Waals surface area contributed by atoms with Crippen molar-refractivity contribution in [3.63, 3.8) is 0 Å². The summed E-state index contributed by atoms with van der Waals surface area (Å²) in [5, 5.41) is 3.98. The molecule has 4 nitrogen and oxygen atoms in total. The fourth-order valence-electron chi connectivity index (χ4n) is 1.86. The number of hydrazone groups is 1. The van der Waals surface area contributed by atoms with Crippen LogP contribution in [0, 0.1) is 0 Å². The molecule has 0 saturated carbocycles. The van der Waals surface area contributed by atoms with E-state index in [1.165, 1.54) is 0 Å². The maximum Gasteiger partial charge on any atom is 0.244 e. The Morgan fingerprint density at radius 3 is 2.36 bits per heavy atom. The van der Waals surface area contributed by atoms with E-state index in [2.05, 4.69) is 26.5 Å². The Morgan fingerprint density at radius 2 is 1.77 bits per heavy atom. The number of halogens is 1. The van der Waals surface area contributed by atoms with Crippen molar-refractivity contribution in [2.75, 3.05) is 19.0 Å². The molecule has 0 bridgehead atoms. The summed E-state index contributed by atoms with van der Waals surface area (Å²) >= 11 is 3.37. The molecule has 0 aliphatic rings. The molecule has 0 aromatic heterocycles. The van der Waals surface area contributed by atoms with Crippen LogP contribution in [0.15, 0.2) is 58.1 Å². The van der Waals surface area contributed by atoms with E-state index in [-0.39, 0.29) is 5.91 Å². The summed E-state index contributed by atoms with van der Waals surface area (Å²) < 4.78 is 0.996. The van der Waals surface area contributed by atoms with Gasteiger partial charge in [-0.15, -0.1) is 0 Å². The number of hydrogen-bond acceptors (Lipinski definition) is 3. The van der Waals surface area contributed by atoms with Gasteiger partial charge in [-0.05, 0) is 35.4 Å². The van der Waals surface area contributed by atoms with Gasteiger partial charge in [-0.1, -0.05) is 40.2 Å². The summed E-state index contributed by atoms with van der Waals surface area (Å²) in [4.78, 5) is 13.8. The van der Waals surface area contributed by atoms with Gasteiger partial charge < -0.3 is 4.90 Å². The minimum Gasteiger partial charge on any atom is -0.378 e. The van der Waals surface area contributed by atoms with E-state index < -0.39 is 0 Å². The molecule has 2 rings (SSSR count). The van der Waals surface area contributed by atoms with Gasteiger partial charge >= 0.3 is 0 Å². The van der Waals surface area contributed by atoms with Crippen LogP contribution < -0.4 is 10.3 Å². The van der Waals surface area contributed by atoms with Gasteiger partial charge in [-0.3, -0.25) is 4.79 Å². The van der Waals surface area contributed by atoms with Crippen LogP contribution in [0.25, 0.3) is 0 Å². The van der Waals surface area contributed by atoms with E-state index in [0.717, 1.165) is 21.3 Å². The Labute approximate surface area is 139 Å². The number of nitrogens with one attached hydrogen (secondary N) is 1. The highest BCUT2D eigenvalue weighted by molar-refractivity contribution is 9.10. The monoisotopic (exact) mass is 359 g/mol. The lowest BCUT2D eigenvalue weighted by Crippen LogP contribution is -2.19. The lowest BCUT2D eigenvalue weighted by Gasteiger charge is -2.11. The van der Waals surface area contributed by atoms with Gasteiger partial charge in [0.1, 0.15) is 0 Å². The van der Waals surface area contributed by atoms with Crippen molar-refractivity contribution in [2.24, 2.45) is 5.10 Å². The molecule has 114 valence electrons. The first-order chi connectivity index (χ1) is 10.5. The number of hydrogen-bond donors (Lipinski definition) is 1. The van der Waals surface area contributed by atoms with Gasteiger partial charge in [0.25, 0.3) is 0 Å². The second kappa shape index (κ2) is 7.75. The standard InChI is InChI=1S/C17H18BrN3O/c1-21(2)16-9-5-14(6-10-16)12-19-20-17(22)11-13-3-7-15(18)8-4-13/h3-10,12H,11H2,1-2H3,(H,20,22). The molecule has 2 aromatic carbocycles. The number of amides is 1. The molecule has 22 heavy (non-hydrogen) atoms. The second-order valence-corrected chi connectivity index (χ2v) is 6.00. The minimum atomic E-state index is -0.136. The van der Waals surface area contributed by atoms with Crippen LogP contribution in [0.1, 0.15) is 11.1 Å². The highest BCUT2D eigenvalue weighted by atomic mass is 79.9. The van der Waals surface area contributed by atoms with Gasteiger partial charge in [-0.25, -0.2) is 5.43 Å². The molecule has 2 aromatic rings. The lowest BCUT2D eigenvalue weighted by molar-refractivity contribution is -0.120. The van der Waals surface area contributed by atoms with Gasteiger partial charge in [0.05, 0.1) is 12.6 Å². The van der Waals surface area contributed by atoms with E-state index in [9.17, 15) is 4.79 Å². The van der Waals surface area contributed by atoms with Crippen LogP contribution in [0.2, 0.25) is 0 Å². The molecule has 0 atom stereocenters. The summed E-state index contributed by atoms with van der Waals surface area (Å²) in [6, 6.07) is 15.6. The summed E-state index contributed by atoms with van der Waals surface area (Å²) in [6.45, 7) is 0. The van der Waals surface area contributed by atoms with Crippen molar-refractivity contribution in [1.82, 2.24) is 5.43 Å². The molecule has 0 fully saturated rings. The second-order valence-electron chi connectivity index (χ2n) is 5.08. The Balaban J connectivity index is 1.86. The maximum absolute atomic E-state index is 11.8. The predicted octanol–water partition coefficient (Wildman–Crippen LogP) is 3.21. The third kappa shape index (κ3) is 5.00.